The summed E-state index contributed by atoms with van der Waals surface area (Å²) in [5, 5.41) is 0. The fourth-order valence-electron chi connectivity index (χ4n) is 1.19. The van der Waals surface area contributed by atoms with Crippen molar-refractivity contribution in [3.8, 4) is 0 Å². The first-order valence-electron chi connectivity index (χ1n) is 4.21. The smallest absolute Gasteiger partial charge is 0.158 e. The van der Waals surface area contributed by atoms with E-state index in [1.54, 1.807) is 0 Å². The molecule has 0 aliphatic carbocycles. The molecule has 2 atom stereocenters. The van der Waals surface area contributed by atoms with Crippen molar-refractivity contribution in [1.29, 1.82) is 0 Å². The summed E-state index contributed by atoms with van der Waals surface area (Å²) in [6.07, 6.45) is 0. The third-order valence-corrected chi connectivity index (χ3v) is 4.05. The van der Waals surface area contributed by atoms with Crippen LogP contribution in [0.4, 0.5) is 0 Å². The summed E-state index contributed by atoms with van der Waals surface area (Å²) in [6.45, 7) is 12.0. The maximum atomic E-state index is 11.0. The molecule has 0 aromatic carbocycles. The summed E-state index contributed by atoms with van der Waals surface area (Å²) in [4.78, 5) is 0. The second kappa shape index (κ2) is 3.46. The molecule has 74 valence electrons. The minimum atomic E-state index is -1.75. The van der Waals surface area contributed by atoms with Gasteiger partial charge in [0.15, 0.2) is 11.1 Å². The lowest BCUT2D eigenvalue weighted by Gasteiger charge is -2.37. The topological polar surface area (TPSA) is 37.3 Å². The Hall–Kier alpha value is 0.110. The molecule has 2 unspecified atom stereocenters. The first kappa shape index (κ1) is 12.1. The SMILES string of the molecule is CC(C(C)(C)C)C(C)(C)S(=O)O. The molecule has 0 aliphatic rings. The van der Waals surface area contributed by atoms with Crippen LogP contribution in [0.5, 0.6) is 0 Å². The molecule has 0 aromatic heterocycles. The Bertz CT molecular complexity index is 179. The van der Waals surface area contributed by atoms with Crippen LogP contribution in [-0.4, -0.2) is 13.5 Å². The van der Waals surface area contributed by atoms with E-state index in [1.807, 2.05) is 20.8 Å². The van der Waals surface area contributed by atoms with Gasteiger partial charge in [0.25, 0.3) is 0 Å². The van der Waals surface area contributed by atoms with Gasteiger partial charge in [0.05, 0.1) is 4.75 Å². The van der Waals surface area contributed by atoms with Gasteiger partial charge in [-0.2, -0.15) is 0 Å². The summed E-state index contributed by atoms with van der Waals surface area (Å²) < 4.78 is 19.6. The first-order chi connectivity index (χ1) is 5.10. The van der Waals surface area contributed by atoms with Gasteiger partial charge >= 0.3 is 0 Å². The zero-order chi connectivity index (χ0) is 10.2. The van der Waals surface area contributed by atoms with Crippen molar-refractivity contribution in [2.24, 2.45) is 11.3 Å². The number of hydrogen-bond acceptors (Lipinski definition) is 1. The molecule has 0 radical (unpaired) electrons. The van der Waals surface area contributed by atoms with Gasteiger partial charge in [-0.1, -0.05) is 27.7 Å². The van der Waals surface area contributed by atoms with E-state index in [-0.39, 0.29) is 11.3 Å². The van der Waals surface area contributed by atoms with Crippen molar-refractivity contribution in [2.45, 2.75) is 46.3 Å². The van der Waals surface area contributed by atoms with Crippen LogP contribution in [0.15, 0.2) is 0 Å². The van der Waals surface area contributed by atoms with Crippen LogP contribution in [0.1, 0.15) is 41.5 Å². The molecule has 0 aliphatic heterocycles. The Balaban J connectivity index is 4.69. The summed E-state index contributed by atoms with van der Waals surface area (Å²) in [6, 6.07) is 0. The standard InChI is InChI=1S/C9H20O2S/c1-7(8(2,3)4)9(5,6)12(10)11/h7H,1-6H3,(H,10,11). The van der Waals surface area contributed by atoms with Gasteiger partial charge in [-0.05, 0) is 25.2 Å². The molecule has 0 fully saturated rings. The van der Waals surface area contributed by atoms with Crippen molar-refractivity contribution in [1.82, 2.24) is 0 Å². The van der Waals surface area contributed by atoms with E-state index in [2.05, 4.69) is 20.8 Å². The van der Waals surface area contributed by atoms with E-state index >= 15 is 0 Å². The molecular weight excluding hydrogens is 172 g/mol. The zero-order valence-electron chi connectivity index (χ0n) is 8.84. The molecule has 0 bridgehead atoms. The highest BCUT2D eigenvalue weighted by molar-refractivity contribution is 7.80. The summed E-state index contributed by atoms with van der Waals surface area (Å²) in [5.74, 6) is 0.204. The van der Waals surface area contributed by atoms with E-state index in [0.717, 1.165) is 0 Å². The molecule has 0 aromatic rings. The van der Waals surface area contributed by atoms with Crippen LogP contribution in [0.2, 0.25) is 0 Å². The highest BCUT2D eigenvalue weighted by atomic mass is 32.2. The molecule has 2 nitrogen and oxygen atoms in total. The van der Waals surface area contributed by atoms with Crippen LogP contribution in [0, 0.1) is 11.3 Å². The van der Waals surface area contributed by atoms with Crippen LogP contribution >= 0.6 is 0 Å². The van der Waals surface area contributed by atoms with Gasteiger partial charge in [-0.15, -0.1) is 0 Å². The summed E-state index contributed by atoms with van der Waals surface area (Å²) >= 11 is -1.75. The van der Waals surface area contributed by atoms with E-state index < -0.39 is 15.8 Å². The van der Waals surface area contributed by atoms with Crippen molar-refractivity contribution >= 4 is 11.1 Å². The molecule has 12 heavy (non-hydrogen) atoms. The normalized spacial score (nSPS) is 18.9. The second-order valence-electron chi connectivity index (χ2n) is 4.94. The molecule has 0 rings (SSSR count). The quantitative estimate of drug-likeness (QED) is 0.683. The van der Waals surface area contributed by atoms with Crippen molar-refractivity contribution in [3.63, 3.8) is 0 Å². The van der Waals surface area contributed by atoms with Crippen molar-refractivity contribution < 1.29 is 8.76 Å². The zero-order valence-corrected chi connectivity index (χ0v) is 9.66. The average molecular weight is 192 g/mol. The van der Waals surface area contributed by atoms with Gasteiger partial charge in [0.2, 0.25) is 0 Å². The van der Waals surface area contributed by atoms with Gasteiger partial charge in [-0.3, -0.25) is 0 Å². The third-order valence-electron chi connectivity index (χ3n) is 2.79. The third kappa shape index (κ3) is 2.56. The Kier molecular flexibility index (Phi) is 3.49. The Morgan fingerprint density at radius 1 is 1.17 bits per heavy atom. The Morgan fingerprint density at radius 3 is 1.58 bits per heavy atom. The molecule has 0 saturated heterocycles. The van der Waals surface area contributed by atoms with Crippen LogP contribution in [0.3, 0.4) is 0 Å². The van der Waals surface area contributed by atoms with E-state index in [4.69, 9.17) is 4.55 Å². The lowest BCUT2D eigenvalue weighted by molar-refractivity contribution is 0.210. The molecule has 0 amide bonds. The fourth-order valence-corrected chi connectivity index (χ4v) is 1.85. The predicted octanol–water partition coefficient (Wildman–Crippen LogP) is 2.67. The molecular formula is C9H20O2S. The van der Waals surface area contributed by atoms with Gasteiger partial charge in [0, 0.05) is 0 Å². The maximum Gasteiger partial charge on any atom is 0.158 e. The minimum absolute atomic E-state index is 0.0713. The highest BCUT2D eigenvalue weighted by Gasteiger charge is 2.38. The van der Waals surface area contributed by atoms with Crippen molar-refractivity contribution in [2.75, 3.05) is 0 Å². The maximum absolute atomic E-state index is 11.0. The lowest BCUT2D eigenvalue weighted by atomic mass is 9.75. The van der Waals surface area contributed by atoms with Crippen LogP contribution in [0.25, 0.3) is 0 Å². The fraction of sp³-hybridized carbons (Fsp3) is 1.00. The molecule has 0 saturated carbocycles. The highest BCUT2D eigenvalue weighted by Crippen LogP contribution is 2.36. The Labute approximate surface area is 78.0 Å². The summed E-state index contributed by atoms with van der Waals surface area (Å²) in [5.41, 5.74) is 0.0713. The summed E-state index contributed by atoms with van der Waals surface area (Å²) in [7, 11) is 0. The van der Waals surface area contributed by atoms with Gasteiger partial charge in [-0.25, -0.2) is 4.21 Å². The number of rotatable bonds is 2. The van der Waals surface area contributed by atoms with Crippen LogP contribution in [-0.2, 0) is 11.1 Å². The van der Waals surface area contributed by atoms with E-state index in [1.165, 1.54) is 0 Å². The first-order valence-corrected chi connectivity index (χ1v) is 5.31. The lowest BCUT2D eigenvalue weighted by Crippen LogP contribution is -2.41. The van der Waals surface area contributed by atoms with E-state index in [9.17, 15) is 4.21 Å². The predicted molar refractivity (Wildman–Crippen MR) is 53.5 cm³/mol. The molecule has 0 spiro atoms. The second-order valence-corrected chi connectivity index (χ2v) is 6.49. The van der Waals surface area contributed by atoms with Gasteiger partial charge in [0.1, 0.15) is 0 Å². The molecule has 0 heterocycles. The van der Waals surface area contributed by atoms with E-state index in [0.29, 0.717) is 0 Å². The molecule has 3 heteroatoms. The van der Waals surface area contributed by atoms with Crippen LogP contribution < -0.4 is 0 Å². The largest absolute Gasteiger partial charge is 0.306 e. The Morgan fingerprint density at radius 2 is 1.50 bits per heavy atom. The number of hydrogen-bond donors (Lipinski definition) is 1. The average Bonchev–Trinajstić information content (AvgIpc) is 1.83. The minimum Gasteiger partial charge on any atom is -0.306 e. The monoisotopic (exact) mass is 192 g/mol. The molecule has 1 N–H and O–H groups in total. The van der Waals surface area contributed by atoms with Crippen molar-refractivity contribution in [3.05, 3.63) is 0 Å². The van der Waals surface area contributed by atoms with Gasteiger partial charge < -0.3 is 4.55 Å².